The Morgan fingerprint density at radius 1 is 1.33 bits per heavy atom. The molecule has 1 aromatic carbocycles. The normalized spacial score (nSPS) is 31.6. The summed E-state index contributed by atoms with van der Waals surface area (Å²) in [5, 5.41) is 12.3. The molecule has 2 N–H and O–H groups in total. The van der Waals surface area contributed by atoms with Crippen molar-refractivity contribution in [2.75, 3.05) is 32.2 Å². The molecule has 1 aromatic rings. The highest BCUT2D eigenvalue weighted by Gasteiger charge is 2.74. The molecule has 162 valence electrons. The third kappa shape index (κ3) is 3.04. The van der Waals surface area contributed by atoms with E-state index in [9.17, 15) is 19.5 Å². The van der Waals surface area contributed by atoms with E-state index in [1.807, 2.05) is 0 Å². The second-order valence-corrected chi connectivity index (χ2v) is 7.78. The highest BCUT2D eigenvalue weighted by molar-refractivity contribution is 6.03. The summed E-state index contributed by atoms with van der Waals surface area (Å²) in [5.74, 6) is -2.09. The molecule has 9 heteroatoms. The first-order valence-corrected chi connectivity index (χ1v) is 10.2. The first-order chi connectivity index (χ1) is 14.5. The van der Waals surface area contributed by atoms with Crippen LogP contribution in [0.5, 0.6) is 5.75 Å². The Labute approximate surface area is 174 Å². The van der Waals surface area contributed by atoms with Gasteiger partial charge in [0.1, 0.15) is 17.4 Å². The number of carbonyl (C=O) groups excluding carboxylic acids is 3. The van der Waals surface area contributed by atoms with Crippen molar-refractivity contribution in [3.8, 4) is 5.75 Å². The van der Waals surface area contributed by atoms with E-state index in [4.69, 9.17) is 14.2 Å². The smallest absolute Gasteiger partial charge is 0.312 e. The van der Waals surface area contributed by atoms with Crippen molar-refractivity contribution in [2.24, 2.45) is 11.8 Å². The van der Waals surface area contributed by atoms with Gasteiger partial charge in [-0.05, 0) is 44.0 Å². The predicted octanol–water partition coefficient (Wildman–Crippen LogP) is 0.564. The van der Waals surface area contributed by atoms with E-state index in [1.54, 1.807) is 38.3 Å². The van der Waals surface area contributed by atoms with Gasteiger partial charge in [0.2, 0.25) is 11.8 Å². The van der Waals surface area contributed by atoms with E-state index in [2.05, 4.69) is 5.32 Å². The van der Waals surface area contributed by atoms with Gasteiger partial charge in [0.25, 0.3) is 0 Å². The van der Waals surface area contributed by atoms with Crippen LogP contribution in [0.15, 0.2) is 24.3 Å². The Hall–Kier alpha value is -2.65. The minimum Gasteiger partial charge on any atom is -0.497 e. The van der Waals surface area contributed by atoms with Gasteiger partial charge in [-0.15, -0.1) is 0 Å². The zero-order chi connectivity index (χ0) is 21.5. The van der Waals surface area contributed by atoms with Gasteiger partial charge < -0.3 is 29.5 Å². The lowest BCUT2D eigenvalue weighted by molar-refractivity contribution is -0.154. The van der Waals surface area contributed by atoms with Crippen molar-refractivity contribution in [3.63, 3.8) is 0 Å². The monoisotopic (exact) mass is 418 g/mol. The molecular formula is C21H26N2O7. The van der Waals surface area contributed by atoms with Gasteiger partial charge >= 0.3 is 5.97 Å². The maximum Gasteiger partial charge on any atom is 0.312 e. The first kappa shape index (κ1) is 20.6. The minimum atomic E-state index is -1.09. The number of anilines is 1. The third-order valence-electron chi connectivity index (χ3n) is 6.31. The number of likely N-dealkylation sites (tertiary alicyclic amines) is 1. The Morgan fingerprint density at radius 3 is 2.70 bits per heavy atom. The molecule has 0 radical (unpaired) electrons. The molecule has 0 saturated carbocycles. The van der Waals surface area contributed by atoms with Gasteiger partial charge in [0.15, 0.2) is 0 Å². The molecule has 9 nitrogen and oxygen atoms in total. The second kappa shape index (κ2) is 7.88. The number of amides is 2. The number of hydrogen-bond acceptors (Lipinski definition) is 7. The van der Waals surface area contributed by atoms with E-state index >= 15 is 0 Å². The van der Waals surface area contributed by atoms with Gasteiger partial charge in [0.05, 0.1) is 38.3 Å². The molecule has 3 aliphatic heterocycles. The van der Waals surface area contributed by atoms with Crippen LogP contribution in [0, 0.1) is 11.8 Å². The van der Waals surface area contributed by atoms with Crippen molar-refractivity contribution in [1.29, 1.82) is 0 Å². The summed E-state index contributed by atoms with van der Waals surface area (Å²) < 4.78 is 16.5. The van der Waals surface area contributed by atoms with Crippen molar-refractivity contribution in [2.45, 2.75) is 37.5 Å². The molecule has 0 unspecified atom stereocenters. The number of ether oxygens (including phenoxy) is 3. The maximum absolute atomic E-state index is 13.3. The molecule has 3 fully saturated rings. The highest BCUT2D eigenvalue weighted by Crippen LogP contribution is 2.58. The average Bonchev–Trinajstić information content (AvgIpc) is 3.37. The Bertz CT molecular complexity index is 842. The Balaban J connectivity index is 1.64. The lowest BCUT2D eigenvalue weighted by atomic mass is 9.71. The summed E-state index contributed by atoms with van der Waals surface area (Å²) in [6, 6.07) is 5.90. The van der Waals surface area contributed by atoms with Crippen molar-refractivity contribution in [1.82, 2.24) is 4.90 Å². The number of benzene rings is 1. The Morgan fingerprint density at radius 2 is 2.07 bits per heavy atom. The standard InChI is InChI=1S/C21H26N2O7/c1-3-29-20(27)15-14-8-9-21(30-14)16(15)19(26)23(10-11-24)17(21)18(25)22-12-4-6-13(28-2)7-5-12/h4-7,14-17,24H,3,8-11H2,1-2H3,(H,22,25)/t14-,15+,16+,17-,21+/m1/s1. The van der Waals surface area contributed by atoms with Gasteiger partial charge in [-0.1, -0.05) is 0 Å². The number of aliphatic hydroxyl groups excluding tert-OH is 1. The summed E-state index contributed by atoms with van der Waals surface area (Å²) >= 11 is 0. The number of methoxy groups -OCH3 is 1. The maximum atomic E-state index is 13.3. The van der Waals surface area contributed by atoms with Crippen LogP contribution in [0.1, 0.15) is 19.8 Å². The SMILES string of the molecule is CCOC(=O)[C@@H]1[C@H]2C(=O)N(CCO)[C@H](C(=O)Nc3ccc(OC)cc3)[C@]23CC[C@H]1O3. The van der Waals surface area contributed by atoms with Crippen LogP contribution in [-0.2, 0) is 23.9 Å². The number of carbonyl (C=O) groups is 3. The van der Waals surface area contributed by atoms with Crippen LogP contribution in [0.4, 0.5) is 5.69 Å². The summed E-state index contributed by atoms with van der Waals surface area (Å²) in [6.07, 6.45) is 0.629. The van der Waals surface area contributed by atoms with E-state index in [0.29, 0.717) is 24.3 Å². The molecular weight excluding hydrogens is 392 g/mol. The lowest BCUT2D eigenvalue weighted by Gasteiger charge is -2.33. The second-order valence-electron chi connectivity index (χ2n) is 7.78. The van der Waals surface area contributed by atoms with Gasteiger partial charge in [-0.25, -0.2) is 0 Å². The molecule has 30 heavy (non-hydrogen) atoms. The summed E-state index contributed by atoms with van der Waals surface area (Å²) in [6.45, 7) is 1.61. The Kier molecular flexibility index (Phi) is 5.42. The molecule has 0 aromatic heterocycles. The number of hydrogen-bond donors (Lipinski definition) is 2. The molecule has 5 atom stereocenters. The van der Waals surface area contributed by atoms with Crippen LogP contribution in [0.25, 0.3) is 0 Å². The van der Waals surface area contributed by atoms with E-state index < -0.39 is 41.5 Å². The quantitative estimate of drug-likeness (QED) is 0.622. The van der Waals surface area contributed by atoms with Crippen molar-refractivity contribution < 1.29 is 33.7 Å². The zero-order valence-corrected chi connectivity index (χ0v) is 17.0. The average molecular weight is 418 g/mol. The molecule has 3 saturated heterocycles. The number of aliphatic hydroxyl groups is 1. The van der Waals surface area contributed by atoms with Gasteiger partial charge in [0, 0.05) is 12.2 Å². The number of nitrogens with zero attached hydrogens (tertiary/aromatic N) is 1. The van der Waals surface area contributed by atoms with Gasteiger partial charge in [-0.3, -0.25) is 14.4 Å². The zero-order valence-electron chi connectivity index (χ0n) is 17.0. The van der Waals surface area contributed by atoms with Crippen molar-refractivity contribution >= 4 is 23.5 Å². The molecule has 3 aliphatic rings. The molecule has 2 amide bonds. The molecule has 1 spiro atoms. The fraction of sp³-hybridized carbons (Fsp3) is 0.571. The number of β-amino-alcohol motifs (C(OH)–C–C–N with tert-alkyl or cyclic N) is 1. The fourth-order valence-corrected chi connectivity index (χ4v) is 5.19. The summed E-state index contributed by atoms with van der Waals surface area (Å²) in [5.41, 5.74) is -0.545. The van der Waals surface area contributed by atoms with E-state index in [1.165, 1.54) is 4.90 Å². The molecule has 2 bridgehead atoms. The number of esters is 1. The van der Waals surface area contributed by atoms with Crippen LogP contribution in [-0.4, -0.2) is 72.4 Å². The van der Waals surface area contributed by atoms with Crippen LogP contribution >= 0.6 is 0 Å². The van der Waals surface area contributed by atoms with Crippen molar-refractivity contribution in [3.05, 3.63) is 24.3 Å². The molecule has 0 aliphatic carbocycles. The number of nitrogens with one attached hydrogen (secondary N) is 1. The highest BCUT2D eigenvalue weighted by atomic mass is 16.6. The molecule has 3 heterocycles. The molecule has 4 rings (SSSR count). The third-order valence-corrected chi connectivity index (χ3v) is 6.31. The topological polar surface area (TPSA) is 114 Å². The first-order valence-electron chi connectivity index (χ1n) is 10.2. The van der Waals surface area contributed by atoms with E-state index in [0.717, 1.165) is 0 Å². The minimum absolute atomic E-state index is 0.0125. The number of fused-ring (bicyclic) bond motifs is 1. The van der Waals surface area contributed by atoms with Crippen LogP contribution < -0.4 is 10.1 Å². The number of rotatable bonds is 7. The predicted molar refractivity (Wildman–Crippen MR) is 105 cm³/mol. The van der Waals surface area contributed by atoms with Crippen LogP contribution in [0.3, 0.4) is 0 Å². The summed E-state index contributed by atoms with van der Waals surface area (Å²) in [4.78, 5) is 40.5. The largest absolute Gasteiger partial charge is 0.497 e. The van der Waals surface area contributed by atoms with Crippen LogP contribution in [0.2, 0.25) is 0 Å². The summed E-state index contributed by atoms with van der Waals surface area (Å²) in [7, 11) is 1.55. The lowest BCUT2D eigenvalue weighted by Crippen LogP contribution is -2.53. The van der Waals surface area contributed by atoms with Gasteiger partial charge in [-0.2, -0.15) is 0 Å². The fourth-order valence-electron chi connectivity index (χ4n) is 5.19. The van der Waals surface area contributed by atoms with E-state index in [-0.39, 0.29) is 25.7 Å².